The molecule has 0 bridgehead atoms. The Morgan fingerprint density at radius 3 is 2.68 bits per heavy atom. The van der Waals surface area contributed by atoms with Gasteiger partial charge in [-0.05, 0) is 30.8 Å². The van der Waals surface area contributed by atoms with E-state index in [1.807, 2.05) is 26.1 Å². The van der Waals surface area contributed by atoms with E-state index in [1.54, 1.807) is 6.20 Å². The van der Waals surface area contributed by atoms with Gasteiger partial charge in [0.15, 0.2) is 5.76 Å². The zero-order valence-corrected chi connectivity index (χ0v) is 11.1. The lowest BCUT2D eigenvalue weighted by atomic mass is 10.1. The Balaban J connectivity index is 2.01. The maximum Gasteiger partial charge on any atom is 0.211 e. The average Bonchev–Trinajstić information content (AvgIpc) is 2.95. The predicted octanol–water partition coefficient (Wildman–Crippen LogP) is 3.78. The van der Waals surface area contributed by atoms with Crippen LogP contribution in [0.4, 0.5) is 0 Å². The van der Waals surface area contributed by atoms with E-state index in [4.69, 9.17) is 4.42 Å². The van der Waals surface area contributed by atoms with Gasteiger partial charge in [-0.2, -0.15) is 0 Å². The molecule has 0 fully saturated rings. The van der Waals surface area contributed by atoms with Gasteiger partial charge in [0, 0.05) is 5.56 Å². The first kappa shape index (κ1) is 11.9. The van der Waals surface area contributed by atoms with Crippen molar-refractivity contribution in [1.82, 2.24) is 10.3 Å². The molecule has 0 radical (unpaired) electrons. The second-order valence-corrected chi connectivity index (χ2v) is 4.64. The molecule has 0 spiro atoms. The van der Waals surface area contributed by atoms with E-state index in [0.29, 0.717) is 5.89 Å². The molecule has 1 heterocycles. The average molecular weight is 252 g/mol. The number of fused-ring (bicyclic) bond motifs is 1. The van der Waals surface area contributed by atoms with Crippen LogP contribution in [-0.4, -0.2) is 12.0 Å². The monoisotopic (exact) mass is 252 g/mol. The molecule has 0 saturated carbocycles. The predicted molar refractivity (Wildman–Crippen MR) is 76.9 cm³/mol. The minimum Gasteiger partial charge on any atom is -0.439 e. The van der Waals surface area contributed by atoms with Crippen LogP contribution in [0.5, 0.6) is 0 Å². The summed E-state index contributed by atoms with van der Waals surface area (Å²) >= 11 is 0. The molecular weight excluding hydrogens is 236 g/mol. The molecule has 0 aliphatic heterocycles. The van der Waals surface area contributed by atoms with Gasteiger partial charge in [-0.25, -0.2) is 4.98 Å². The maximum atomic E-state index is 5.80. The van der Waals surface area contributed by atoms with E-state index >= 15 is 0 Å². The Bertz CT molecular complexity index is 703. The van der Waals surface area contributed by atoms with E-state index < -0.39 is 0 Å². The second kappa shape index (κ2) is 4.86. The van der Waals surface area contributed by atoms with Crippen molar-refractivity contribution in [3.63, 3.8) is 0 Å². The first-order valence-corrected chi connectivity index (χ1v) is 6.40. The van der Waals surface area contributed by atoms with Crippen LogP contribution in [-0.2, 0) is 0 Å². The highest BCUT2D eigenvalue weighted by atomic mass is 16.4. The fourth-order valence-corrected chi connectivity index (χ4v) is 2.09. The van der Waals surface area contributed by atoms with Crippen molar-refractivity contribution in [2.24, 2.45) is 0 Å². The number of rotatable bonds is 3. The van der Waals surface area contributed by atoms with Gasteiger partial charge < -0.3 is 9.73 Å². The standard InChI is InChI=1S/C16H16N2O/c1-11(17-2)16-18-10-15(19-16)14-8-7-12-5-3-4-6-13(12)9-14/h3-11,17H,1-2H3. The summed E-state index contributed by atoms with van der Waals surface area (Å²) in [5.41, 5.74) is 1.06. The third-order valence-electron chi connectivity index (χ3n) is 3.36. The molecule has 3 rings (SSSR count). The third-order valence-corrected chi connectivity index (χ3v) is 3.36. The van der Waals surface area contributed by atoms with Crippen molar-refractivity contribution in [2.75, 3.05) is 7.05 Å². The summed E-state index contributed by atoms with van der Waals surface area (Å²) in [7, 11) is 1.89. The van der Waals surface area contributed by atoms with Gasteiger partial charge in [0.2, 0.25) is 5.89 Å². The number of oxazole rings is 1. The molecule has 3 aromatic rings. The Hall–Kier alpha value is -2.13. The third kappa shape index (κ3) is 2.25. The Morgan fingerprint density at radius 2 is 1.89 bits per heavy atom. The van der Waals surface area contributed by atoms with Crippen LogP contribution < -0.4 is 5.32 Å². The summed E-state index contributed by atoms with van der Waals surface area (Å²) in [6.07, 6.45) is 1.78. The van der Waals surface area contributed by atoms with Crippen molar-refractivity contribution in [3.05, 3.63) is 54.6 Å². The molecule has 3 nitrogen and oxygen atoms in total. The van der Waals surface area contributed by atoms with Crippen LogP contribution in [0.25, 0.3) is 22.1 Å². The molecule has 2 aromatic carbocycles. The molecule has 96 valence electrons. The largest absolute Gasteiger partial charge is 0.439 e. The zero-order chi connectivity index (χ0) is 13.2. The maximum absolute atomic E-state index is 5.80. The topological polar surface area (TPSA) is 38.1 Å². The smallest absolute Gasteiger partial charge is 0.211 e. The summed E-state index contributed by atoms with van der Waals surface area (Å²) in [4.78, 5) is 4.31. The minimum atomic E-state index is 0.120. The highest BCUT2D eigenvalue weighted by Crippen LogP contribution is 2.26. The van der Waals surface area contributed by atoms with Gasteiger partial charge in [0.05, 0.1) is 12.2 Å². The van der Waals surface area contributed by atoms with Gasteiger partial charge in [0.25, 0.3) is 0 Å². The second-order valence-electron chi connectivity index (χ2n) is 4.64. The summed E-state index contributed by atoms with van der Waals surface area (Å²) in [5, 5.41) is 5.56. The highest BCUT2D eigenvalue weighted by Gasteiger charge is 2.11. The highest BCUT2D eigenvalue weighted by molar-refractivity contribution is 5.86. The molecular formula is C16H16N2O. The van der Waals surface area contributed by atoms with Gasteiger partial charge in [-0.1, -0.05) is 36.4 Å². The van der Waals surface area contributed by atoms with Crippen molar-refractivity contribution in [1.29, 1.82) is 0 Å². The van der Waals surface area contributed by atoms with Crippen LogP contribution in [0.1, 0.15) is 18.9 Å². The van der Waals surface area contributed by atoms with Crippen LogP contribution >= 0.6 is 0 Å². The van der Waals surface area contributed by atoms with Gasteiger partial charge in [0.1, 0.15) is 0 Å². The molecule has 0 amide bonds. The number of aromatic nitrogens is 1. The van der Waals surface area contributed by atoms with E-state index in [2.05, 4.69) is 40.6 Å². The fraction of sp³-hybridized carbons (Fsp3) is 0.188. The normalized spacial score (nSPS) is 12.7. The lowest BCUT2D eigenvalue weighted by molar-refractivity contribution is 0.441. The van der Waals surface area contributed by atoms with Crippen LogP contribution in [0.2, 0.25) is 0 Å². The van der Waals surface area contributed by atoms with E-state index in [-0.39, 0.29) is 6.04 Å². The van der Waals surface area contributed by atoms with Gasteiger partial charge >= 0.3 is 0 Å². The molecule has 1 N–H and O–H groups in total. The molecule has 0 saturated heterocycles. The van der Waals surface area contributed by atoms with Crippen molar-refractivity contribution in [3.8, 4) is 11.3 Å². The van der Waals surface area contributed by atoms with E-state index in [1.165, 1.54) is 10.8 Å². The zero-order valence-electron chi connectivity index (χ0n) is 11.1. The van der Waals surface area contributed by atoms with Crippen LogP contribution in [0.15, 0.2) is 53.1 Å². The Labute approximate surface area is 112 Å². The number of hydrogen-bond acceptors (Lipinski definition) is 3. The summed E-state index contributed by atoms with van der Waals surface area (Å²) in [6, 6.07) is 14.7. The lowest BCUT2D eigenvalue weighted by Crippen LogP contribution is -2.12. The van der Waals surface area contributed by atoms with Crippen molar-refractivity contribution < 1.29 is 4.42 Å². The first-order valence-electron chi connectivity index (χ1n) is 6.40. The number of benzene rings is 2. The van der Waals surface area contributed by atoms with Crippen molar-refractivity contribution >= 4 is 10.8 Å². The molecule has 1 atom stereocenters. The first-order chi connectivity index (χ1) is 9.28. The number of nitrogens with one attached hydrogen (secondary N) is 1. The van der Waals surface area contributed by atoms with Gasteiger partial charge in [-0.15, -0.1) is 0 Å². The minimum absolute atomic E-state index is 0.120. The van der Waals surface area contributed by atoms with Crippen LogP contribution in [0, 0.1) is 0 Å². The van der Waals surface area contributed by atoms with E-state index in [9.17, 15) is 0 Å². The molecule has 1 unspecified atom stereocenters. The number of nitrogens with zero attached hydrogens (tertiary/aromatic N) is 1. The molecule has 19 heavy (non-hydrogen) atoms. The Kier molecular flexibility index (Phi) is 3.05. The SMILES string of the molecule is CNC(C)c1ncc(-c2ccc3ccccc3c2)o1. The lowest BCUT2D eigenvalue weighted by Gasteiger charge is -2.04. The molecule has 3 heteroatoms. The molecule has 0 aliphatic carbocycles. The summed E-state index contributed by atoms with van der Waals surface area (Å²) in [5.74, 6) is 1.52. The molecule has 0 aliphatic rings. The van der Waals surface area contributed by atoms with Crippen molar-refractivity contribution in [2.45, 2.75) is 13.0 Å². The fourth-order valence-electron chi connectivity index (χ4n) is 2.09. The molecule has 1 aromatic heterocycles. The quantitative estimate of drug-likeness (QED) is 0.771. The van der Waals surface area contributed by atoms with Crippen LogP contribution in [0.3, 0.4) is 0 Å². The number of hydrogen-bond donors (Lipinski definition) is 1. The summed E-state index contributed by atoms with van der Waals surface area (Å²) < 4.78 is 5.80. The van der Waals surface area contributed by atoms with Gasteiger partial charge in [-0.3, -0.25) is 0 Å². The van der Waals surface area contributed by atoms with E-state index in [0.717, 1.165) is 11.3 Å². The Morgan fingerprint density at radius 1 is 1.11 bits per heavy atom. The summed E-state index contributed by atoms with van der Waals surface area (Å²) in [6.45, 7) is 2.02.